The Balaban J connectivity index is 2.25. The van der Waals surface area contributed by atoms with Gasteiger partial charge >= 0.3 is 0 Å². The van der Waals surface area contributed by atoms with E-state index in [4.69, 9.17) is 11.6 Å². The van der Waals surface area contributed by atoms with Crippen LogP contribution >= 0.6 is 22.9 Å². The van der Waals surface area contributed by atoms with Gasteiger partial charge in [0.2, 0.25) is 0 Å². The molecule has 0 bridgehead atoms. The lowest BCUT2D eigenvalue weighted by Crippen LogP contribution is -2.26. The Bertz CT molecular complexity index is 549. The lowest BCUT2D eigenvalue weighted by atomic mass is 10.1. The molecule has 6 heteroatoms. The molecule has 1 unspecified atom stereocenters. The first-order valence-electron chi connectivity index (χ1n) is 7.01. The second-order valence-electron chi connectivity index (χ2n) is 4.77. The second kappa shape index (κ2) is 7.20. The number of hydrogen-bond donors (Lipinski definition) is 1. The molecule has 2 heterocycles. The van der Waals surface area contributed by atoms with Crippen LogP contribution < -0.4 is 5.32 Å². The van der Waals surface area contributed by atoms with Crippen molar-refractivity contribution in [3.8, 4) is 0 Å². The van der Waals surface area contributed by atoms with E-state index in [0.29, 0.717) is 0 Å². The number of aromatic nitrogens is 3. The van der Waals surface area contributed by atoms with E-state index in [1.165, 1.54) is 0 Å². The van der Waals surface area contributed by atoms with Gasteiger partial charge in [0.05, 0.1) is 33.7 Å². The maximum absolute atomic E-state index is 6.34. The molecule has 0 spiro atoms. The van der Waals surface area contributed by atoms with Gasteiger partial charge in [-0.2, -0.15) is 5.10 Å². The summed E-state index contributed by atoms with van der Waals surface area (Å²) in [4.78, 5) is 4.55. The van der Waals surface area contributed by atoms with Crippen LogP contribution in [0.15, 0.2) is 11.6 Å². The fraction of sp³-hybridized carbons (Fsp3) is 0.571. The van der Waals surface area contributed by atoms with Crippen molar-refractivity contribution in [2.24, 2.45) is 0 Å². The van der Waals surface area contributed by atoms with Gasteiger partial charge < -0.3 is 5.32 Å². The third-order valence-electron chi connectivity index (χ3n) is 3.13. The van der Waals surface area contributed by atoms with Gasteiger partial charge in [-0.3, -0.25) is 4.68 Å². The molecule has 0 fully saturated rings. The van der Waals surface area contributed by atoms with Crippen LogP contribution in [-0.2, 0) is 13.0 Å². The molecule has 1 atom stereocenters. The van der Waals surface area contributed by atoms with E-state index < -0.39 is 0 Å². The smallest absolute Gasteiger partial charge is 0.0897 e. The van der Waals surface area contributed by atoms with Crippen LogP contribution in [0.2, 0.25) is 5.02 Å². The van der Waals surface area contributed by atoms with Crippen molar-refractivity contribution in [2.45, 2.75) is 46.2 Å². The van der Waals surface area contributed by atoms with Gasteiger partial charge in [0.25, 0.3) is 0 Å². The first kappa shape index (κ1) is 15.5. The van der Waals surface area contributed by atoms with Crippen LogP contribution in [-0.4, -0.2) is 21.3 Å². The molecule has 20 heavy (non-hydrogen) atoms. The van der Waals surface area contributed by atoms with Gasteiger partial charge in [-0.15, -0.1) is 11.3 Å². The summed E-state index contributed by atoms with van der Waals surface area (Å²) in [6.07, 6.45) is 3.62. The van der Waals surface area contributed by atoms with Gasteiger partial charge in [0, 0.05) is 18.3 Å². The maximum Gasteiger partial charge on any atom is 0.0897 e. The third kappa shape index (κ3) is 3.59. The van der Waals surface area contributed by atoms with Gasteiger partial charge in [-0.25, -0.2) is 4.98 Å². The predicted molar refractivity (Wildman–Crippen MR) is 84.5 cm³/mol. The Kier molecular flexibility index (Phi) is 5.57. The number of nitrogens with zero attached hydrogens (tertiary/aromatic N) is 3. The molecule has 0 aromatic carbocycles. The highest BCUT2D eigenvalue weighted by atomic mass is 35.5. The Morgan fingerprint density at radius 2 is 2.25 bits per heavy atom. The minimum absolute atomic E-state index is 0.156. The van der Waals surface area contributed by atoms with Gasteiger partial charge in [0.15, 0.2) is 0 Å². The van der Waals surface area contributed by atoms with Crippen molar-refractivity contribution in [3.63, 3.8) is 0 Å². The van der Waals surface area contributed by atoms with Gasteiger partial charge in [0.1, 0.15) is 0 Å². The predicted octanol–water partition coefficient (Wildman–Crippen LogP) is 3.60. The normalized spacial score (nSPS) is 12.8. The Morgan fingerprint density at radius 3 is 2.85 bits per heavy atom. The Hall–Kier alpha value is -0.910. The zero-order valence-electron chi connectivity index (χ0n) is 12.2. The van der Waals surface area contributed by atoms with E-state index in [1.807, 2.05) is 11.6 Å². The van der Waals surface area contributed by atoms with Gasteiger partial charge in [-0.1, -0.05) is 25.4 Å². The number of nitrogens with one attached hydrogen (secondary N) is 1. The van der Waals surface area contributed by atoms with Crippen LogP contribution in [0.4, 0.5) is 0 Å². The summed E-state index contributed by atoms with van der Waals surface area (Å²) in [5.74, 6) is 0. The summed E-state index contributed by atoms with van der Waals surface area (Å²) in [5, 5.41) is 11.8. The number of likely N-dealkylation sites (N-methyl/N-ethyl adjacent to an activating group) is 1. The van der Waals surface area contributed by atoms with Crippen LogP contribution in [0.3, 0.4) is 0 Å². The van der Waals surface area contributed by atoms with E-state index in [1.54, 1.807) is 17.5 Å². The quantitative estimate of drug-likeness (QED) is 0.849. The highest BCUT2D eigenvalue weighted by molar-refractivity contribution is 7.09. The van der Waals surface area contributed by atoms with Crippen LogP contribution in [0, 0.1) is 6.92 Å². The van der Waals surface area contributed by atoms with Crippen molar-refractivity contribution in [3.05, 3.63) is 33.0 Å². The highest BCUT2D eigenvalue weighted by Crippen LogP contribution is 2.26. The molecule has 0 aliphatic heterocycles. The molecule has 2 rings (SSSR count). The van der Waals surface area contributed by atoms with E-state index in [0.717, 1.165) is 47.3 Å². The minimum Gasteiger partial charge on any atom is -0.309 e. The molecule has 0 saturated heterocycles. The van der Waals surface area contributed by atoms with Crippen LogP contribution in [0.25, 0.3) is 0 Å². The summed E-state index contributed by atoms with van der Waals surface area (Å²) in [6.45, 7) is 8.06. The minimum atomic E-state index is 0.156. The molecule has 0 aliphatic carbocycles. The molecule has 0 aliphatic rings. The van der Waals surface area contributed by atoms with E-state index >= 15 is 0 Å². The number of halogens is 1. The molecule has 2 aromatic heterocycles. The molecular formula is C14H21ClN4S. The molecule has 0 amide bonds. The van der Waals surface area contributed by atoms with Crippen molar-refractivity contribution < 1.29 is 0 Å². The number of thiazole rings is 1. The molecule has 0 saturated carbocycles. The average Bonchev–Trinajstić information content (AvgIpc) is 2.96. The molecular weight excluding hydrogens is 292 g/mol. The van der Waals surface area contributed by atoms with E-state index in [9.17, 15) is 0 Å². The fourth-order valence-electron chi connectivity index (χ4n) is 2.33. The average molecular weight is 313 g/mol. The third-order valence-corrected chi connectivity index (χ3v) is 4.24. The zero-order chi connectivity index (χ0) is 14.5. The Morgan fingerprint density at radius 1 is 1.45 bits per heavy atom. The number of aryl methyl sites for hydroxylation is 2. The van der Waals surface area contributed by atoms with E-state index in [-0.39, 0.29) is 6.04 Å². The molecule has 2 aromatic rings. The second-order valence-corrected chi connectivity index (χ2v) is 6.24. The first-order chi connectivity index (χ1) is 9.65. The van der Waals surface area contributed by atoms with Crippen molar-refractivity contribution in [1.82, 2.24) is 20.1 Å². The highest BCUT2D eigenvalue weighted by Gasteiger charge is 2.20. The monoisotopic (exact) mass is 312 g/mol. The maximum atomic E-state index is 6.34. The fourth-order valence-corrected chi connectivity index (χ4v) is 3.23. The standard InChI is InChI=1S/C14H21ClN4S/c1-4-6-19-14(12(15)8-17-19)13(16-5-2)7-11-9-20-10(3)18-11/h8-9,13,16H,4-7H2,1-3H3. The van der Waals surface area contributed by atoms with Crippen LogP contribution in [0.1, 0.15) is 42.7 Å². The van der Waals surface area contributed by atoms with Gasteiger partial charge in [-0.05, 0) is 19.9 Å². The summed E-state index contributed by atoms with van der Waals surface area (Å²) in [5.41, 5.74) is 2.18. The molecule has 4 nitrogen and oxygen atoms in total. The summed E-state index contributed by atoms with van der Waals surface area (Å²) < 4.78 is 2.01. The largest absolute Gasteiger partial charge is 0.309 e. The molecule has 0 radical (unpaired) electrons. The molecule has 110 valence electrons. The number of rotatable bonds is 7. The lowest BCUT2D eigenvalue weighted by molar-refractivity contribution is 0.475. The molecule has 1 N–H and O–H groups in total. The van der Waals surface area contributed by atoms with Crippen LogP contribution in [0.5, 0.6) is 0 Å². The SMILES string of the molecule is CCCn1ncc(Cl)c1C(Cc1csc(C)n1)NCC. The van der Waals surface area contributed by atoms with Crippen molar-refractivity contribution in [1.29, 1.82) is 0 Å². The zero-order valence-corrected chi connectivity index (χ0v) is 13.8. The summed E-state index contributed by atoms with van der Waals surface area (Å²) in [6, 6.07) is 0.156. The Labute approximate surface area is 129 Å². The van der Waals surface area contributed by atoms with E-state index in [2.05, 4.69) is 34.6 Å². The van der Waals surface area contributed by atoms with Crippen molar-refractivity contribution >= 4 is 22.9 Å². The lowest BCUT2D eigenvalue weighted by Gasteiger charge is -2.19. The summed E-state index contributed by atoms with van der Waals surface area (Å²) in [7, 11) is 0. The topological polar surface area (TPSA) is 42.7 Å². The first-order valence-corrected chi connectivity index (χ1v) is 8.27. The van der Waals surface area contributed by atoms with Crippen molar-refractivity contribution in [2.75, 3.05) is 6.54 Å². The number of hydrogen-bond acceptors (Lipinski definition) is 4. The summed E-state index contributed by atoms with van der Waals surface area (Å²) >= 11 is 8.03.